The number of hydrogen-bond acceptors (Lipinski definition) is 4. The van der Waals surface area contributed by atoms with E-state index in [-0.39, 0.29) is 29.9 Å². The van der Waals surface area contributed by atoms with Gasteiger partial charge < -0.3 is 16.0 Å². The molecule has 0 atom stereocenters. The predicted molar refractivity (Wildman–Crippen MR) is 116 cm³/mol. The van der Waals surface area contributed by atoms with E-state index in [0.717, 1.165) is 18.2 Å². The van der Waals surface area contributed by atoms with Gasteiger partial charge in [0.25, 0.3) is 5.91 Å². The third-order valence-corrected chi connectivity index (χ3v) is 4.08. The smallest absolute Gasteiger partial charge is 0.251 e. The van der Waals surface area contributed by atoms with Crippen molar-refractivity contribution in [1.82, 2.24) is 20.7 Å². The fourth-order valence-electron chi connectivity index (χ4n) is 2.11. The van der Waals surface area contributed by atoms with Crippen LogP contribution in [0.2, 0.25) is 0 Å². The summed E-state index contributed by atoms with van der Waals surface area (Å²) in [6.45, 7) is 1.65. The van der Waals surface area contributed by atoms with Crippen molar-refractivity contribution in [3.63, 3.8) is 0 Å². The Morgan fingerprint density at radius 1 is 1.15 bits per heavy atom. The van der Waals surface area contributed by atoms with Gasteiger partial charge in [-0.25, -0.2) is 13.1 Å². The molecule has 0 aliphatic rings. The van der Waals surface area contributed by atoms with Crippen LogP contribution >= 0.6 is 24.0 Å². The van der Waals surface area contributed by atoms with Crippen LogP contribution < -0.4 is 20.7 Å². The molecule has 1 amide bonds. The number of carbonyl (C=O) groups excluding carboxylic acids is 1. The maximum absolute atomic E-state index is 11.6. The van der Waals surface area contributed by atoms with Crippen molar-refractivity contribution < 1.29 is 13.2 Å². The Balaban J connectivity index is 0.00000625. The van der Waals surface area contributed by atoms with E-state index in [1.165, 1.54) is 0 Å². The lowest BCUT2D eigenvalue weighted by Gasteiger charge is -2.12. The second-order valence-electron chi connectivity index (χ2n) is 5.48. The van der Waals surface area contributed by atoms with Crippen LogP contribution in [0.4, 0.5) is 0 Å². The molecular formula is C16H28IN5O3S. The average molecular weight is 497 g/mol. The van der Waals surface area contributed by atoms with Crippen molar-refractivity contribution in [2.45, 2.75) is 12.8 Å². The summed E-state index contributed by atoms with van der Waals surface area (Å²) in [6.07, 6.45) is 2.54. The van der Waals surface area contributed by atoms with Crippen LogP contribution in [0.25, 0.3) is 0 Å². The Labute approximate surface area is 172 Å². The van der Waals surface area contributed by atoms with Crippen molar-refractivity contribution in [3.05, 3.63) is 35.4 Å². The van der Waals surface area contributed by atoms with Gasteiger partial charge in [0.2, 0.25) is 10.0 Å². The van der Waals surface area contributed by atoms with Gasteiger partial charge in [0.15, 0.2) is 5.96 Å². The first-order valence-corrected chi connectivity index (χ1v) is 9.95. The third-order valence-electron chi connectivity index (χ3n) is 3.36. The van der Waals surface area contributed by atoms with Gasteiger partial charge in [0.05, 0.1) is 6.26 Å². The molecule has 0 saturated carbocycles. The Kier molecular flexibility index (Phi) is 12.2. The molecule has 0 radical (unpaired) electrons. The molecule has 0 aromatic heterocycles. The number of aliphatic imine (C=N–C) groups is 1. The molecule has 0 heterocycles. The molecule has 1 rings (SSSR count). The van der Waals surface area contributed by atoms with Gasteiger partial charge in [-0.1, -0.05) is 12.1 Å². The van der Waals surface area contributed by atoms with Gasteiger partial charge in [-0.2, -0.15) is 0 Å². The summed E-state index contributed by atoms with van der Waals surface area (Å²) in [5, 5.41) is 8.92. The summed E-state index contributed by atoms with van der Waals surface area (Å²) in [7, 11) is 0.147. The predicted octanol–water partition coefficient (Wildman–Crippen LogP) is 0.311. The van der Waals surface area contributed by atoms with Crippen LogP contribution in [0.1, 0.15) is 22.3 Å². The first-order valence-electron chi connectivity index (χ1n) is 8.06. The highest BCUT2D eigenvalue weighted by atomic mass is 127. The van der Waals surface area contributed by atoms with E-state index in [4.69, 9.17) is 0 Å². The molecule has 0 unspecified atom stereocenters. The van der Waals surface area contributed by atoms with Crippen LogP contribution in [0, 0.1) is 0 Å². The molecule has 8 nitrogen and oxygen atoms in total. The standard InChI is InChI=1S/C16H27N5O3S.HI/c1-17-15(22)14-7-4-6-13(12-14)8-11-20-16(18-2)19-9-5-10-21-25(3,23)24;/h4,6-7,12,21H,5,8-11H2,1-3H3,(H,17,22)(H2,18,19,20);1H. The summed E-state index contributed by atoms with van der Waals surface area (Å²) < 4.78 is 24.3. The zero-order valence-corrected chi connectivity index (χ0v) is 18.5. The van der Waals surface area contributed by atoms with Gasteiger partial charge >= 0.3 is 0 Å². The monoisotopic (exact) mass is 497 g/mol. The van der Waals surface area contributed by atoms with E-state index < -0.39 is 10.0 Å². The van der Waals surface area contributed by atoms with Crippen molar-refractivity contribution in [3.8, 4) is 0 Å². The van der Waals surface area contributed by atoms with E-state index in [1.807, 2.05) is 18.2 Å². The Bertz CT molecular complexity index is 695. The Morgan fingerprint density at radius 3 is 2.46 bits per heavy atom. The number of nitrogens with one attached hydrogen (secondary N) is 4. The number of sulfonamides is 1. The molecular weight excluding hydrogens is 469 g/mol. The molecule has 0 aliphatic carbocycles. The lowest BCUT2D eigenvalue weighted by atomic mass is 10.1. The molecule has 0 saturated heterocycles. The van der Waals surface area contributed by atoms with Gasteiger partial charge in [0, 0.05) is 39.3 Å². The van der Waals surface area contributed by atoms with E-state index in [9.17, 15) is 13.2 Å². The molecule has 0 aliphatic heterocycles. The largest absolute Gasteiger partial charge is 0.356 e. The Morgan fingerprint density at radius 2 is 1.85 bits per heavy atom. The highest BCUT2D eigenvalue weighted by Crippen LogP contribution is 2.05. The second-order valence-corrected chi connectivity index (χ2v) is 7.31. The lowest BCUT2D eigenvalue weighted by molar-refractivity contribution is 0.0963. The van der Waals surface area contributed by atoms with Crippen LogP contribution in [-0.2, 0) is 16.4 Å². The Hall–Kier alpha value is -1.40. The molecule has 148 valence electrons. The number of benzene rings is 1. The van der Waals surface area contributed by atoms with E-state index in [2.05, 4.69) is 25.7 Å². The molecule has 0 spiro atoms. The summed E-state index contributed by atoms with van der Waals surface area (Å²) in [4.78, 5) is 15.7. The van der Waals surface area contributed by atoms with E-state index in [0.29, 0.717) is 37.6 Å². The van der Waals surface area contributed by atoms with Crippen molar-refractivity contribution in [2.24, 2.45) is 4.99 Å². The summed E-state index contributed by atoms with van der Waals surface area (Å²) >= 11 is 0. The average Bonchev–Trinajstić information content (AvgIpc) is 2.58. The lowest BCUT2D eigenvalue weighted by Crippen LogP contribution is -2.39. The van der Waals surface area contributed by atoms with E-state index in [1.54, 1.807) is 20.2 Å². The number of halogens is 1. The topological polar surface area (TPSA) is 112 Å². The first-order chi connectivity index (χ1) is 11.9. The third kappa shape index (κ3) is 10.6. The first kappa shape index (κ1) is 24.6. The fourth-order valence-corrected chi connectivity index (χ4v) is 2.63. The number of hydrogen-bond donors (Lipinski definition) is 4. The molecule has 1 aromatic carbocycles. The summed E-state index contributed by atoms with van der Waals surface area (Å²) in [5.41, 5.74) is 1.70. The second kappa shape index (κ2) is 12.9. The normalized spacial score (nSPS) is 11.4. The van der Waals surface area contributed by atoms with Crippen LogP contribution in [0.5, 0.6) is 0 Å². The minimum atomic E-state index is -3.14. The maximum Gasteiger partial charge on any atom is 0.251 e. The number of amides is 1. The van der Waals surface area contributed by atoms with Crippen LogP contribution in [0.15, 0.2) is 29.3 Å². The van der Waals surface area contributed by atoms with Crippen molar-refractivity contribution >= 4 is 45.9 Å². The van der Waals surface area contributed by atoms with Crippen molar-refractivity contribution in [2.75, 3.05) is 40.0 Å². The minimum absolute atomic E-state index is 0. The number of rotatable bonds is 9. The van der Waals surface area contributed by atoms with Crippen LogP contribution in [0.3, 0.4) is 0 Å². The van der Waals surface area contributed by atoms with Crippen LogP contribution in [-0.4, -0.2) is 60.3 Å². The quantitative estimate of drug-likeness (QED) is 0.170. The molecule has 4 N–H and O–H groups in total. The maximum atomic E-state index is 11.6. The zero-order valence-electron chi connectivity index (χ0n) is 15.3. The zero-order chi connectivity index (χ0) is 18.7. The molecule has 26 heavy (non-hydrogen) atoms. The molecule has 1 aromatic rings. The molecule has 10 heteroatoms. The van der Waals surface area contributed by atoms with Gasteiger partial charge in [-0.3, -0.25) is 9.79 Å². The SMILES string of the molecule is CN=C(NCCCNS(C)(=O)=O)NCCc1cccc(C(=O)NC)c1.I. The van der Waals surface area contributed by atoms with E-state index >= 15 is 0 Å². The number of nitrogens with zero attached hydrogens (tertiary/aromatic N) is 1. The molecule has 0 bridgehead atoms. The number of carbonyl (C=O) groups is 1. The molecule has 0 fully saturated rings. The van der Waals surface area contributed by atoms with Gasteiger partial charge in [-0.05, 0) is 30.5 Å². The minimum Gasteiger partial charge on any atom is -0.356 e. The highest BCUT2D eigenvalue weighted by Gasteiger charge is 2.04. The van der Waals surface area contributed by atoms with Gasteiger partial charge in [-0.15, -0.1) is 24.0 Å². The summed E-state index contributed by atoms with van der Waals surface area (Å²) in [5.74, 6) is 0.553. The fraction of sp³-hybridized carbons (Fsp3) is 0.500. The van der Waals surface area contributed by atoms with Gasteiger partial charge in [0.1, 0.15) is 0 Å². The number of guanidine groups is 1. The summed E-state index contributed by atoms with van der Waals surface area (Å²) in [6, 6.07) is 7.48. The van der Waals surface area contributed by atoms with Crippen molar-refractivity contribution in [1.29, 1.82) is 0 Å². The highest BCUT2D eigenvalue weighted by molar-refractivity contribution is 14.0.